The third-order valence-electron chi connectivity index (χ3n) is 2.43. The summed E-state index contributed by atoms with van der Waals surface area (Å²) in [5.74, 6) is 0.722. The van der Waals surface area contributed by atoms with Crippen LogP contribution >= 0.6 is 11.6 Å². The molecule has 0 unspecified atom stereocenters. The molecule has 4 heteroatoms. The quantitative estimate of drug-likeness (QED) is 0.714. The fourth-order valence-corrected chi connectivity index (χ4v) is 1.71. The molecular weight excluding hydrogens is 250 g/mol. The van der Waals surface area contributed by atoms with Gasteiger partial charge in [0.25, 0.3) is 0 Å². The van der Waals surface area contributed by atoms with Gasteiger partial charge in [-0.25, -0.2) is 0 Å². The third kappa shape index (κ3) is 6.24. The van der Waals surface area contributed by atoms with Crippen LogP contribution in [0.5, 0.6) is 5.75 Å². The van der Waals surface area contributed by atoms with Crippen molar-refractivity contribution in [2.24, 2.45) is 5.92 Å². The van der Waals surface area contributed by atoms with Crippen LogP contribution in [0.1, 0.15) is 25.8 Å². The van der Waals surface area contributed by atoms with Crippen molar-refractivity contribution in [3.63, 3.8) is 0 Å². The lowest BCUT2D eigenvalue weighted by Crippen LogP contribution is -2.16. The molecule has 0 spiro atoms. The van der Waals surface area contributed by atoms with Crippen LogP contribution in [0.3, 0.4) is 0 Å². The molecule has 0 aliphatic heterocycles. The van der Waals surface area contributed by atoms with Gasteiger partial charge in [-0.05, 0) is 36.6 Å². The first-order valence-electron chi connectivity index (χ1n) is 6.35. The van der Waals surface area contributed by atoms with Crippen LogP contribution in [0.2, 0.25) is 5.02 Å². The normalized spacial score (nSPS) is 11.1. The van der Waals surface area contributed by atoms with E-state index in [4.69, 9.17) is 16.3 Å². The number of hydrogen-bond acceptors (Lipinski definition) is 3. The molecule has 0 saturated heterocycles. The van der Waals surface area contributed by atoms with E-state index in [9.17, 15) is 5.11 Å². The average molecular weight is 272 g/mol. The molecule has 0 fully saturated rings. The summed E-state index contributed by atoms with van der Waals surface area (Å²) < 4.78 is 5.49. The summed E-state index contributed by atoms with van der Waals surface area (Å²) in [6.45, 7) is 7.58. The number of aromatic hydroxyl groups is 1. The number of rotatable bonds is 8. The molecule has 0 heterocycles. The maximum Gasteiger partial charge on any atom is 0.134 e. The van der Waals surface area contributed by atoms with Gasteiger partial charge in [-0.1, -0.05) is 31.5 Å². The van der Waals surface area contributed by atoms with Crippen LogP contribution in [0, 0.1) is 5.92 Å². The zero-order valence-corrected chi connectivity index (χ0v) is 11.8. The van der Waals surface area contributed by atoms with E-state index in [1.165, 1.54) is 0 Å². The van der Waals surface area contributed by atoms with Crippen molar-refractivity contribution in [3.8, 4) is 5.75 Å². The number of phenols is 1. The Bertz CT molecular complexity index is 356. The topological polar surface area (TPSA) is 41.5 Å². The van der Waals surface area contributed by atoms with Crippen molar-refractivity contribution in [1.29, 1.82) is 0 Å². The van der Waals surface area contributed by atoms with Crippen LogP contribution in [-0.4, -0.2) is 24.9 Å². The highest BCUT2D eigenvalue weighted by molar-refractivity contribution is 6.32. The van der Waals surface area contributed by atoms with Gasteiger partial charge in [0.2, 0.25) is 0 Å². The molecule has 0 radical (unpaired) electrons. The Balaban J connectivity index is 2.09. The maximum atomic E-state index is 9.29. The maximum absolute atomic E-state index is 9.29. The zero-order valence-electron chi connectivity index (χ0n) is 11.1. The van der Waals surface area contributed by atoms with Gasteiger partial charge in [0.05, 0.1) is 5.02 Å². The SMILES string of the molecule is CC(C)COCCCNCc1ccc(O)c(Cl)c1. The summed E-state index contributed by atoms with van der Waals surface area (Å²) in [6, 6.07) is 5.26. The standard InChI is InChI=1S/C14H22ClNO2/c1-11(2)10-18-7-3-6-16-9-12-4-5-14(17)13(15)8-12/h4-5,8,11,16-17H,3,6-7,9-10H2,1-2H3. The van der Waals surface area contributed by atoms with E-state index in [0.29, 0.717) is 10.9 Å². The monoisotopic (exact) mass is 271 g/mol. The van der Waals surface area contributed by atoms with E-state index in [2.05, 4.69) is 19.2 Å². The van der Waals surface area contributed by atoms with Crippen molar-refractivity contribution < 1.29 is 9.84 Å². The van der Waals surface area contributed by atoms with Crippen LogP contribution < -0.4 is 5.32 Å². The Hall–Kier alpha value is -0.770. The highest BCUT2D eigenvalue weighted by atomic mass is 35.5. The van der Waals surface area contributed by atoms with Crippen LogP contribution in [-0.2, 0) is 11.3 Å². The second-order valence-electron chi connectivity index (χ2n) is 4.78. The molecule has 2 N–H and O–H groups in total. The Labute approximate surface area is 114 Å². The third-order valence-corrected chi connectivity index (χ3v) is 2.74. The summed E-state index contributed by atoms with van der Waals surface area (Å²) in [5.41, 5.74) is 1.07. The molecule has 1 aromatic carbocycles. The zero-order chi connectivity index (χ0) is 13.4. The minimum Gasteiger partial charge on any atom is -0.506 e. The number of benzene rings is 1. The van der Waals surface area contributed by atoms with Gasteiger partial charge in [0.1, 0.15) is 5.75 Å². The van der Waals surface area contributed by atoms with Crippen molar-refractivity contribution in [2.45, 2.75) is 26.8 Å². The lowest BCUT2D eigenvalue weighted by atomic mass is 10.2. The van der Waals surface area contributed by atoms with E-state index < -0.39 is 0 Å². The molecule has 1 rings (SSSR count). The predicted molar refractivity (Wildman–Crippen MR) is 75.1 cm³/mol. The smallest absolute Gasteiger partial charge is 0.134 e. The molecular formula is C14H22ClNO2. The summed E-state index contributed by atoms with van der Waals surface area (Å²) in [4.78, 5) is 0. The van der Waals surface area contributed by atoms with E-state index in [1.54, 1.807) is 12.1 Å². The van der Waals surface area contributed by atoms with E-state index in [-0.39, 0.29) is 5.75 Å². The van der Waals surface area contributed by atoms with Crippen molar-refractivity contribution >= 4 is 11.6 Å². The number of nitrogens with one attached hydrogen (secondary N) is 1. The number of ether oxygens (including phenoxy) is 1. The Kier molecular flexibility index (Phi) is 7.09. The number of phenolic OH excluding ortho intramolecular Hbond substituents is 1. The highest BCUT2D eigenvalue weighted by Crippen LogP contribution is 2.23. The van der Waals surface area contributed by atoms with Crippen molar-refractivity contribution in [1.82, 2.24) is 5.32 Å². The number of hydrogen-bond donors (Lipinski definition) is 2. The van der Waals surface area contributed by atoms with Crippen LogP contribution in [0.4, 0.5) is 0 Å². The first-order valence-corrected chi connectivity index (χ1v) is 6.73. The molecule has 3 nitrogen and oxygen atoms in total. The molecule has 102 valence electrons. The van der Waals surface area contributed by atoms with Gasteiger partial charge >= 0.3 is 0 Å². The molecule has 0 bridgehead atoms. The second kappa shape index (κ2) is 8.35. The lowest BCUT2D eigenvalue weighted by Gasteiger charge is -2.08. The Morgan fingerprint density at radius 3 is 2.83 bits per heavy atom. The summed E-state index contributed by atoms with van der Waals surface area (Å²) >= 11 is 5.83. The number of halogens is 1. The molecule has 0 aliphatic carbocycles. The lowest BCUT2D eigenvalue weighted by molar-refractivity contribution is 0.108. The molecule has 0 amide bonds. The molecule has 18 heavy (non-hydrogen) atoms. The molecule has 0 aromatic heterocycles. The van der Waals surface area contributed by atoms with Gasteiger partial charge < -0.3 is 15.2 Å². The van der Waals surface area contributed by atoms with Gasteiger partial charge in [-0.3, -0.25) is 0 Å². The summed E-state index contributed by atoms with van der Waals surface area (Å²) in [6.07, 6.45) is 0.999. The second-order valence-corrected chi connectivity index (χ2v) is 5.19. The van der Waals surface area contributed by atoms with Crippen molar-refractivity contribution in [2.75, 3.05) is 19.8 Å². The van der Waals surface area contributed by atoms with Crippen LogP contribution in [0.25, 0.3) is 0 Å². The predicted octanol–water partition coefficient (Wildman–Crippen LogP) is 3.20. The molecule has 1 aromatic rings. The Morgan fingerprint density at radius 2 is 2.17 bits per heavy atom. The molecule has 0 atom stereocenters. The van der Waals surface area contributed by atoms with E-state index in [0.717, 1.165) is 38.3 Å². The fraction of sp³-hybridized carbons (Fsp3) is 0.571. The molecule has 0 aliphatic rings. The highest BCUT2D eigenvalue weighted by Gasteiger charge is 1.99. The first-order chi connectivity index (χ1) is 8.59. The van der Waals surface area contributed by atoms with E-state index >= 15 is 0 Å². The average Bonchev–Trinajstić information content (AvgIpc) is 2.32. The summed E-state index contributed by atoms with van der Waals surface area (Å²) in [5, 5.41) is 13.0. The van der Waals surface area contributed by atoms with E-state index in [1.807, 2.05) is 6.07 Å². The summed E-state index contributed by atoms with van der Waals surface area (Å²) in [7, 11) is 0. The fourth-order valence-electron chi connectivity index (χ4n) is 1.51. The molecule has 0 saturated carbocycles. The minimum atomic E-state index is 0.127. The van der Waals surface area contributed by atoms with Gasteiger partial charge in [-0.2, -0.15) is 0 Å². The largest absolute Gasteiger partial charge is 0.506 e. The minimum absolute atomic E-state index is 0.127. The van der Waals surface area contributed by atoms with Gasteiger partial charge in [0.15, 0.2) is 0 Å². The Morgan fingerprint density at radius 1 is 1.39 bits per heavy atom. The van der Waals surface area contributed by atoms with Crippen LogP contribution in [0.15, 0.2) is 18.2 Å². The van der Waals surface area contributed by atoms with Gasteiger partial charge in [0, 0.05) is 19.8 Å². The first kappa shape index (κ1) is 15.3. The van der Waals surface area contributed by atoms with Gasteiger partial charge in [-0.15, -0.1) is 0 Å². The van der Waals surface area contributed by atoms with Crippen molar-refractivity contribution in [3.05, 3.63) is 28.8 Å².